The molecular formula is C28H32N2O8. The van der Waals surface area contributed by atoms with E-state index in [0.29, 0.717) is 29.1 Å². The smallest absolute Gasteiger partial charge is 0.336 e. The van der Waals surface area contributed by atoms with Crippen LogP contribution in [0.15, 0.2) is 64.8 Å². The molecule has 3 rings (SSSR count). The average Bonchev–Trinajstić information content (AvgIpc) is 2.86. The molecular weight excluding hydrogens is 492 g/mol. The molecule has 0 aromatic heterocycles. The SMILES string of the molecule is CC1=NC(C)=C(C(=O)OCCOc2ccc(CCO)cc2)C(c2cccc([N+](=O)[O-])c2)C1C(=O)OC(C)C. The summed E-state index contributed by atoms with van der Waals surface area (Å²) in [6, 6.07) is 13.1. The Morgan fingerprint density at radius 2 is 1.82 bits per heavy atom. The molecule has 0 spiro atoms. The molecule has 0 saturated heterocycles. The number of aliphatic hydroxyl groups is 1. The Hall–Kier alpha value is -4.05. The van der Waals surface area contributed by atoms with Gasteiger partial charge in [0.1, 0.15) is 24.9 Å². The van der Waals surface area contributed by atoms with Crippen LogP contribution in [0.4, 0.5) is 5.69 Å². The van der Waals surface area contributed by atoms with Crippen LogP contribution in [0.5, 0.6) is 5.75 Å². The second-order valence-electron chi connectivity index (χ2n) is 9.15. The lowest BCUT2D eigenvalue weighted by atomic mass is 9.75. The number of aliphatic hydroxyl groups excluding tert-OH is 1. The number of aliphatic imine (C=N–C) groups is 1. The lowest BCUT2D eigenvalue weighted by Crippen LogP contribution is -2.37. The molecule has 10 nitrogen and oxygen atoms in total. The second-order valence-corrected chi connectivity index (χ2v) is 9.15. The van der Waals surface area contributed by atoms with Crippen LogP contribution in [-0.4, -0.2) is 53.6 Å². The summed E-state index contributed by atoms with van der Waals surface area (Å²) >= 11 is 0. The van der Waals surface area contributed by atoms with Crippen LogP contribution in [0, 0.1) is 16.0 Å². The molecule has 1 N–H and O–H groups in total. The zero-order valence-corrected chi connectivity index (χ0v) is 21.9. The molecule has 1 aliphatic rings. The summed E-state index contributed by atoms with van der Waals surface area (Å²) < 4.78 is 16.6. The van der Waals surface area contributed by atoms with Crippen LogP contribution in [-0.2, 0) is 25.5 Å². The minimum Gasteiger partial charge on any atom is -0.490 e. The van der Waals surface area contributed by atoms with Crippen LogP contribution in [0.2, 0.25) is 0 Å². The van der Waals surface area contributed by atoms with E-state index in [1.807, 2.05) is 12.1 Å². The number of benzene rings is 2. The predicted molar refractivity (Wildman–Crippen MR) is 140 cm³/mol. The summed E-state index contributed by atoms with van der Waals surface area (Å²) in [4.78, 5) is 41.8. The number of ether oxygens (including phenoxy) is 3. The quantitative estimate of drug-likeness (QED) is 0.200. The predicted octanol–water partition coefficient (Wildman–Crippen LogP) is 4.15. The molecule has 0 saturated carbocycles. The summed E-state index contributed by atoms with van der Waals surface area (Å²) in [6.45, 7) is 6.81. The Balaban J connectivity index is 1.83. The Labute approximate surface area is 221 Å². The van der Waals surface area contributed by atoms with E-state index in [0.717, 1.165) is 5.56 Å². The van der Waals surface area contributed by atoms with Gasteiger partial charge in [0.2, 0.25) is 0 Å². The third kappa shape index (κ3) is 7.04. The highest BCUT2D eigenvalue weighted by molar-refractivity contribution is 6.07. The number of nitro benzene ring substituents is 1. The fourth-order valence-electron chi connectivity index (χ4n) is 4.36. The van der Waals surface area contributed by atoms with Crippen molar-refractivity contribution in [2.24, 2.45) is 10.9 Å². The molecule has 2 aromatic rings. The summed E-state index contributed by atoms with van der Waals surface area (Å²) in [5, 5.41) is 20.5. The van der Waals surface area contributed by atoms with Gasteiger partial charge in [0.05, 0.1) is 16.6 Å². The number of rotatable bonds is 11. The maximum absolute atomic E-state index is 13.3. The van der Waals surface area contributed by atoms with Gasteiger partial charge in [0.15, 0.2) is 0 Å². The van der Waals surface area contributed by atoms with Gasteiger partial charge in [-0.2, -0.15) is 0 Å². The summed E-state index contributed by atoms with van der Waals surface area (Å²) in [7, 11) is 0. The molecule has 0 amide bonds. The van der Waals surface area contributed by atoms with Crippen LogP contribution < -0.4 is 4.74 Å². The zero-order valence-electron chi connectivity index (χ0n) is 21.9. The van der Waals surface area contributed by atoms with Crippen molar-refractivity contribution < 1.29 is 33.8 Å². The average molecular weight is 525 g/mol. The Bertz CT molecular complexity index is 1230. The maximum atomic E-state index is 13.3. The number of carbonyl (C=O) groups excluding carboxylic acids is 2. The lowest BCUT2D eigenvalue weighted by Gasteiger charge is -2.32. The maximum Gasteiger partial charge on any atom is 0.336 e. The number of nitro groups is 1. The number of esters is 2. The standard InChI is InChI=1S/C28H32N2O8/c1-17(2)38-28(33)25-19(4)29-18(3)24(26(25)21-6-5-7-22(16-21)30(34)35)27(32)37-15-14-36-23-10-8-20(9-11-23)12-13-31/h5-11,16-17,25-26,31H,12-15H2,1-4H3. The van der Waals surface area contributed by atoms with Gasteiger partial charge in [0.25, 0.3) is 5.69 Å². The van der Waals surface area contributed by atoms with Crippen molar-refractivity contribution in [1.82, 2.24) is 0 Å². The number of hydrogen-bond donors (Lipinski definition) is 1. The van der Waals surface area contributed by atoms with Crippen molar-refractivity contribution in [3.8, 4) is 5.75 Å². The fourth-order valence-corrected chi connectivity index (χ4v) is 4.36. The van der Waals surface area contributed by atoms with Crippen molar-refractivity contribution >= 4 is 23.3 Å². The molecule has 1 heterocycles. The van der Waals surface area contributed by atoms with E-state index in [-0.39, 0.29) is 31.1 Å². The molecule has 0 bridgehead atoms. The van der Waals surface area contributed by atoms with Crippen molar-refractivity contribution in [1.29, 1.82) is 0 Å². The zero-order chi connectivity index (χ0) is 27.8. The Morgan fingerprint density at radius 1 is 1.11 bits per heavy atom. The van der Waals surface area contributed by atoms with Gasteiger partial charge in [-0.1, -0.05) is 24.3 Å². The first-order valence-corrected chi connectivity index (χ1v) is 12.3. The minimum atomic E-state index is -0.959. The first-order valence-electron chi connectivity index (χ1n) is 12.3. The first-order chi connectivity index (χ1) is 18.1. The van der Waals surface area contributed by atoms with E-state index in [1.54, 1.807) is 45.9 Å². The summed E-state index contributed by atoms with van der Waals surface area (Å²) in [5.74, 6) is -2.53. The molecule has 2 unspecified atom stereocenters. The normalized spacial score (nSPS) is 17.2. The Morgan fingerprint density at radius 3 is 2.45 bits per heavy atom. The van der Waals surface area contributed by atoms with Crippen LogP contribution in [0.3, 0.4) is 0 Å². The van der Waals surface area contributed by atoms with Gasteiger partial charge < -0.3 is 19.3 Å². The highest BCUT2D eigenvalue weighted by atomic mass is 16.6. The molecule has 2 atom stereocenters. The number of hydrogen-bond acceptors (Lipinski definition) is 9. The third-order valence-corrected chi connectivity index (χ3v) is 6.00. The molecule has 38 heavy (non-hydrogen) atoms. The highest BCUT2D eigenvalue weighted by Crippen LogP contribution is 2.41. The number of allylic oxidation sites excluding steroid dienone is 1. The molecule has 2 aromatic carbocycles. The molecule has 0 radical (unpaired) electrons. The molecule has 1 aliphatic heterocycles. The van der Waals surface area contributed by atoms with Gasteiger partial charge in [-0.3, -0.25) is 19.9 Å². The van der Waals surface area contributed by atoms with E-state index in [9.17, 15) is 19.7 Å². The van der Waals surface area contributed by atoms with Crippen molar-refractivity contribution in [2.45, 2.75) is 46.1 Å². The monoisotopic (exact) mass is 524 g/mol. The first kappa shape index (κ1) is 28.5. The van der Waals surface area contributed by atoms with E-state index in [1.165, 1.54) is 18.2 Å². The fraction of sp³-hybridized carbons (Fsp3) is 0.393. The minimum absolute atomic E-state index is 0.0579. The van der Waals surface area contributed by atoms with E-state index in [2.05, 4.69) is 4.99 Å². The van der Waals surface area contributed by atoms with Crippen molar-refractivity contribution in [3.05, 3.63) is 81.0 Å². The number of nitrogens with zero attached hydrogens (tertiary/aromatic N) is 2. The van der Waals surface area contributed by atoms with Gasteiger partial charge in [-0.05, 0) is 57.4 Å². The van der Waals surface area contributed by atoms with Crippen LogP contribution >= 0.6 is 0 Å². The molecule has 202 valence electrons. The van der Waals surface area contributed by atoms with E-state index in [4.69, 9.17) is 19.3 Å². The Kier molecular flexibility index (Phi) is 9.72. The van der Waals surface area contributed by atoms with Crippen molar-refractivity contribution in [3.63, 3.8) is 0 Å². The highest BCUT2D eigenvalue weighted by Gasteiger charge is 2.43. The van der Waals surface area contributed by atoms with Gasteiger partial charge in [0, 0.05) is 36.1 Å². The second kappa shape index (κ2) is 13.0. The van der Waals surface area contributed by atoms with E-state index < -0.39 is 34.8 Å². The van der Waals surface area contributed by atoms with Gasteiger partial charge in [-0.15, -0.1) is 0 Å². The largest absolute Gasteiger partial charge is 0.490 e. The number of carbonyl (C=O) groups is 2. The van der Waals surface area contributed by atoms with Gasteiger partial charge >= 0.3 is 11.9 Å². The van der Waals surface area contributed by atoms with E-state index >= 15 is 0 Å². The topological polar surface area (TPSA) is 138 Å². The van der Waals surface area contributed by atoms with Crippen LogP contribution in [0.1, 0.15) is 44.7 Å². The van der Waals surface area contributed by atoms with Crippen molar-refractivity contribution in [2.75, 3.05) is 19.8 Å². The van der Waals surface area contributed by atoms with Crippen LogP contribution in [0.25, 0.3) is 0 Å². The number of non-ortho nitro benzene ring substituents is 1. The molecule has 0 aliphatic carbocycles. The summed E-state index contributed by atoms with van der Waals surface area (Å²) in [6.07, 6.45) is 0.143. The molecule has 0 fully saturated rings. The molecule has 10 heteroatoms. The lowest BCUT2D eigenvalue weighted by molar-refractivity contribution is -0.384. The summed E-state index contributed by atoms with van der Waals surface area (Å²) in [5.41, 5.74) is 2.15. The third-order valence-electron chi connectivity index (χ3n) is 6.00. The van der Waals surface area contributed by atoms with Gasteiger partial charge in [-0.25, -0.2) is 4.79 Å².